The largest absolute Gasteiger partial charge is 0.373 e. The summed E-state index contributed by atoms with van der Waals surface area (Å²) < 4.78 is 1.91. The summed E-state index contributed by atoms with van der Waals surface area (Å²) in [6, 6.07) is 12.0. The van der Waals surface area contributed by atoms with Crippen LogP contribution < -0.4 is 5.32 Å². The number of anilines is 1. The van der Waals surface area contributed by atoms with Gasteiger partial charge in [0.05, 0.1) is 11.4 Å². The van der Waals surface area contributed by atoms with E-state index in [2.05, 4.69) is 27.2 Å². The van der Waals surface area contributed by atoms with Gasteiger partial charge in [-0.05, 0) is 25.1 Å². The van der Waals surface area contributed by atoms with Crippen molar-refractivity contribution < 1.29 is 0 Å². The average Bonchev–Trinajstić information content (AvgIpc) is 2.98. The molecule has 0 aliphatic rings. The van der Waals surface area contributed by atoms with Gasteiger partial charge in [-0.2, -0.15) is 5.10 Å². The third-order valence-electron chi connectivity index (χ3n) is 3.96. The van der Waals surface area contributed by atoms with Crippen molar-refractivity contribution in [2.24, 2.45) is 0 Å². The molecule has 4 aromatic rings. The van der Waals surface area contributed by atoms with Crippen molar-refractivity contribution in [3.8, 4) is 16.9 Å². The number of benzene rings is 1. The molecule has 6 nitrogen and oxygen atoms in total. The Morgan fingerprint density at radius 1 is 1.00 bits per heavy atom. The van der Waals surface area contributed by atoms with E-state index in [1.165, 1.54) is 0 Å². The third kappa shape index (κ3) is 2.28. The predicted octanol–water partition coefficient (Wildman–Crippen LogP) is 3.23. The summed E-state index contributed by atoms with van der Waals surface area (Å²) in [5, 5.41) is 8.04. The van der Waals surface area contributed by atoms with Crippen molar-refractivity contribution in [2.75, 3.05) is 12.4 Å². The minimum Gasteiger partial charge on any atom is -0.373 e. The Kier molecular flexibility index (Phi) is 3.42. The van der Waals surface area contributed by atoms with Gasteiger partial charge in [-0.15, -0.1) is 0 Å². The Morgan fingerprint density at radius 2 is 1.79 bits per heavy atom. The Balaban J connectivity index is 1.90. The highest BCUT2D eigenvalue weighted by Gasteiger charge is 2.16. The molecule has 1 N–H and O–H groups in total. The summed E-state index contributed by atoms with van der Waals surface area (Å²) >= 11 is 0. The summed E-state index contributed by atoms with van der Waals surface area (Å²) in [5.41, 5.74) is 5.26. The lowest BCUT2D eigenvalue weighted by molar-refractivity contribution is 0.888. The maximum Gasteiger partial charge on any atom is 0.178 e. The number of nitrogens with one attached hydrogen (secondary N) is 1. The fourth-order valence-electron chi connectivity index (χ4n) is 2.81. The molecule has 0 aliphatic carbocycles. The first-order valence-electron chi connectivity index (χ1n) is 7.68. The highest BCUT2D eigenvalue weighted by Crippen LogP contribution is 2.30. The van der Waals surface area contributed by atoms with Gasteiger partial charge in [-0.25, -0.2) is 14.6 Å². The lowest BCUT2D eigenvalue weighted by Crippen LogP contribution is -2.02. The minimum absolute atomic E-state index is 0.634. The molecule has 24 heavy (non-hydrogen) atoms. The van der Waals surface area contributed by atoms with E-state index < -0.39 is 0 Å². The summed E-state index contributed by atoms with van der Waals surface area (Å²) in [6.07, 6.45) is 5.10. The number of nitrogens with zero attached hydrogens (tertiary/aromatic N) is 5. The number of hydrogen-bond donors (Lipinski definition) is 1. The van der Waals surface area contributed by atoms with Gasteiger partial charge >= 0.3 is 0 Å². The van der Waals surface area contributed by atoms with Crippen LogP contribution in [0.15, 0.2) is 55.0 Å². The average molecular weight is 316 g/mol. The van der Waals surface area contributed by atoms with Crippen molar-refractivity contribution >= 4 is 17.0 Å². The second-order valence-corrected chi connectivity index (χ2v) is 5.44. The highest BCUT2D eigenvalue weighted by molar-refractivity contribution is 5.78. The molecule has 0 aliphatic heterocycles. The van der Waals surface area contributed by atoms with E-state index in [1.54, 1.807) is 18.6 Å². The zero-order valence-electron chi connectivity index (χ0n) is 13.4. The fraction of sp³-hybridized carbons (Fsp3) is 0.111. The van der Waals surface area contributed by atoms with Gasteiger partial charge < -0.3 is 5.32 Å². The number of aromatic nitrogens is 5. The fourth-order valence-corrected chi connectivity index (χ4v) is 2.81. The van der Waals surface area contributed by atoms with Crippen molar-refractivity contribution in [1.82, 2.24) is 24.7 Å². The van der Waals surface area contributed by atoms with Crippen molar-refractivity contribution in [1.29, 1.82) is 0 Å². The monoisotopic (exact) mass is 316 g/mol. The number of rotatable bonds is 3. The Morgan fingerprint density at radius 3 is 2.58 bits per heavy atom. The van der Waals surface area contributed by atoms with Gasteiger partial charge in [-0.1, -0.05) is 18.2 Å². The molecule has 0 saturated heterocycles. The second-order valence-electron chi connectivity index (χ2n) is 5.44. The zero-order chi connectivity index (χ0) is 16.5. The molecule has 4 rings (SSSR count). The van der Waals surface area contributed by atoms with Gasteiger partial charge in [-0.3, -0.25) is 4.98 Å². The highest BCUT2D eigenvalue weighted by atomic mass is 15.3. The van der Waals surface area contributed by atoms with Gasteiger partial charge in [0.25, 0.3) is 0 Å². The smallest absolute Gasteiger partial charge is 0.178 e. The quantitative estimate of drug-likeness (QED) is 0.628. The van der Waals surface area contributed by atoms with Crippen LogP contribution in [0.1, 0.15) is 5.56 Å². The van der Waals surface area contributed by atoms with Crippen LogP contribution in [0.25, 0.3) is 28.1 Å². The number of pyridine rings is 1. The predicted molar refractivity (Wildman–Crippen MR) is 94.2 cm³/mol. The van der Waals surface area contributed by atoms with E-state index in [0.29, 0.717) is 5.65 Å². The first-order valence-corrected chi connectivity index (χ1v) is 7.68. The van der Waals surface area contributed by atoms with E-state index in [4.69, 9.17) is 5.10 Å². The van der Waals surface area contributed by atoms with Crippen LogP contribution in [0.5, 0.6) is 0 Å². The van der Waals surface area contributed by atoms with Crippen LogP contribution in [0.4, 0.5) is 5.82 Å². The van der Waals surface area contributed by atoms with Crippen molar-refractivity contribution in [3.05, 3.63) is 60.6 Å². The van der Waals surface area contributed by atoms with E-state index in [1.807, 2.05) is 48.1 Å². The maximum absolute atomic E-state index is 4.79. The maximum atomic E-state index is 4.79. The normalized spacial score (nSPS) is 10.9. The van der Waals surface area contributed by atoms with E-state index >= 15 is 0 Å². The molecule has 0 atom stereocenters. The molecule has 0 unspecified atom stereocenters. The molecule has 0 saturated carbocycles. The molecule has 0 radical (unpaired) electrons. The molecule has 0 spiro atoms. The molecule has 3 aromatic heterocycles. The van der Waals surface area contributed by atoms with Crippen molar-refractivity contribution in [2.45, 2.75) is 6.92 Å². The SMILES string of the molecule is CNc1c(C)c(-c2cnc3nccnc3c2)nn1-c1ccccc1. The molecule has 0 amide bonds. The van der Waals surface area contributed by atoms with Gasteiger partial charge in [0.1, 0.15) is 11.3 Å². The summed E-state index contributed by atoms with van der Waals surface area (Å²) in [4.78, 5) is 12.9. The lowest BCUT2D eigenvalue weighted by Gasteiger charge is -2.06. The number of hydrogen-bond acceptors (Lipinski definition) is 5. The van der Waals surface area contributed by atoms with Gasteiger partial charge in [0, 0.05) is 36.8 Å². The molecule has 6 heteroatoms. The standard InChI is InChI=1S/C18H16N6/c1-12-16(13-10-15-17(22-11-13)21-9-8-20-15)23-24(18(12)19-2)14-6-4-3-5-7-14/h3-11,19H,1-2H3. The van der Waals surface area contributed by atoms with Crippen LogP contribution in [-0.4, -0.2) is 31.8 Å². The molecule has 1 aromatic carbocycles. The first kappa shape index (κ1) is 14.3. The van der Waals surface area contributed by atoms with E-state index in [0.717, 1.165) is 33.8 Å². The molecule has 3 heterocycles. The Labute approximate surface area is 139 Å². The second kappa shape index (κ2) is 5.73. The van der Waals surface area contributed by atoms with Gasteiger partial charge in [0.15, 0.2) is 5.65 Å². The summed E-state index contributed by atoms with van der Waals surface area (Å²) in [5.74, 6) is 0.954. The van der Waals surface area contributed by atoms with E-state index in [9.17, 15) is 0 Å². The van der Waals surface area contributed by atoms with Crippen LogP contribution in [-0.2, 0) is 0 Å². The van der Waals surface area contributed by atoms with Crippen LogP contribution in [0.2, 0.25) is 0 Å². The number of para-hydroxylation sites is 1. The van der Waals surface area contributed by atoms with E-state index in [-0.39, 0.29) is 0 Å². The molecule has 0 bridgehead atoms. The Bertz CT molecular complexity index is 1010. The minimum atomic E-state index is 0.634. The summed E-state index contributed by atoms with van der Waals surface area (Å²) in [6.45, 7) is 2.05. The first-order chi connectivity index (χ1) is 11.8. The van der Waals surface area contributed by atoms with Crippen molar-refractivity contribution in [3.63, 3.8) is 0 Å². The van der Waals surface area contributed by atoms with Crippen LogP contribution >= 0.6 is 0 Å². The zero-order valence-corrected chi connectivity index (χ0v) is 13.4. The topological polar surface area (TPSA) is 68.5 Å². The summed E-state index contributed by atoms with van der Waals surface area (Å²) in [7, 11) is 1.90. The Hall–Kier alpha value is -3.28. The van der Waals surface area contributed by atoms with Crippen LogP contribution in [0.3, 0.4) is 0 Å². The van der Waals surface area contributed by atoms with Gasteiger partial charge in [0.2, 0.25) is 0 Å². The molecular formula is C18H16N6. The molecular weight excluding hydrogens is 300 g/mol. The third-order valence-corrected chi connectivity index (χ3v) is 3.96. The number of fused-ring (bicyclic) bond motifs is 1. The van der Waals surface area contributed by atoms with Crippen LogP contribution in [0, 0.1) is 6.92 Å². The molecule has 118 valence electrons. The molecule has 0 fully saturated rings. The lowest BCUT2D eigenvalue weighted by atomic mass is 10.1.